The molecule has 6 heteroatoms. The molecule has 0 radical (unpaired) electrons. The minimum absolute atomic E-state index is 0.209. The molecule has 0 aromatic rings. The zero-order valence-electron chi connectivity index (χ0n) is 10.5. The number of piperazine rings is 1. The molecule has 0 spiro atoms. The fraction of sp³-hybridized carbons (Fsp3) is 0.727. The van der Waals surface area contributed by atoms with E-state index in [-0.39, 0.29) is 5.92 Å². The Hall–Kier alpha value is -1.27. The van der Waals surface area contributed by atoms with Crippen LogP contribution in [-0.2, 0) is 0 Å². The molecule has 0 aromatic carbocycles. The first-order chi connectivity index (χ1) is 8.01. The van der Waals surface area contributed by atoms with Gasteiger partial charge < -0.3 is 27.0 Å². The van der Waals surface area contributed by atoms with Crippen molar-refractivity contribution in [2.45, 2.75) is 19.5 Å². The van der Waals surface area contributed by atoms with Crippen LogP contribution in [0.25, 0.3) is 0 Å². The Morgan fingerprint density at radius 2 is 2.06 bits per heavy atom. The van der Waals surface area contributed by atoms with Crippen molar-refractivity contribution in [3.8, 4) is 0 Å². The monoisotopic (exact) mass is 238 g/mol. The molecule has 2 rings (SSSR count). The summed E-state index contributed by atoms with van der Waals surface area (Å²) in [6.07, 6.45) is 1.99. The van der Waals surface area contributed by atoms with Gasteiger partial charge in [-0.2, -0.15) is 0 Å². The molecule has 0 aliphatic carbocycles. The number of aliphatic imine (C=N–C) groups is 1. The third kappa shape index (κ3) is 2.53. The van der Waals surface area contributed by atoms with Crippen molar-refractivity contribution >= 4 is 5.96 Å². The van der Waals surface area contributed by atoms with Gasteiger partial charge in [-0.15, -0.1) is 0 Å². The smallest absolute Gasteiger partial charge is 0.196 e. The van der Waals surface area contributed by atoms with Gasteiger partial charge >= 0.3 is 0 Å². The Morgan fingerprint density at radius 1 is 1.41 bits per heavy atom. The van der Waals surface area contributed by atoms with Crippen LogP contribution >= 0.6 is 0 Å². The second-order valence-corrected chi connectivity index (χ2v) is 4.93. The number of nitrogens with zero attached hydrogens (tertiary/aromatic N) is 2. The van der Waals surface area contributed by atoms with Gasteiger partial charge in [-0.3, -0.25) is 0 Å². The standard InChI is InChI=1S/C11H22N6/c1-8(2)11(13)7-9(15-10(12)16-11)17-5-3-14-4-6-17/h7-8,14H,3-6,13H2,1-2H3,(H3,12,15,16). The molecule has 1 unspecified atom stereocenters. The average Bonchev–Trinajstić information content (AvgIpc) is 2.29. The topological polar surface area (TPSA) is 91.7 Å². The van der Waals surface area contributed by atoms with E-state index in [1.165, 1.54) is 0 Å². The van der Waals surface area contributed by atoms with Gasteiger partial charge in [-0.25, -0.2) is 4.99 Å². The highest BCUT2D eigenvalue weighted by Gasteiger charge is 2.31. The highest BCUT2D eigenvalue weighted by atomic mass is 15.3. The second-order valence-electron chi connectivity index (χ2n) is 4.93. The predicted molar refractivity (Wildman–Crippen MR) is 69.0 cm³/mol. The van der Waals surface area contributed by atoms with Crippen molar-refractivity contribution in [3.63, 3.8) is 0 Å². The molecule has 1 fully saturated rings. The normalized spacial score (nSPS) is 29.8. The lowest BCUT2D eigenvalue weighted by Gasteiger charge is -2.37. The van der Waals surface area contributed by atoms with Crippen LogP contribution in [0, 0.1) is 5.92 Å². The van der Waals surface area contributed by atoms with E-state index in [0.29, 0.717) is 5.96 Å². The van der Waals surface area contributed by atoms with E-state index in [0.717, 1.165) is 32.0 Å². The summed E-state index contributed by atoms with van der Waals surface area (Å²) < 4.78 is 0. The van der Waals surface area contributed by atoms with Crippen molar-refractivity contribution in [2.75, 3.05) is 26.2 Å². The summed E-state index contributed by atoms with van der Waals surface area (Å²) in [6.45, 7) is 7.98. The molecule has 6 nitrogen and oxygen atoms in total. The van der Waals surface area contributed by atoms with E-state index >= 15 is 0 Å². The van der Waals surface area contributed by atoms with Crippen LogP contribution in [0.4, 0.5) is 0 Å². The van der Waals surface area contributed by atoms with Gasteiger partial charge in [0.2, 0.25) is 0 Å². The van der Waals surface area contributed by atoms with Gasteiger partial charge in [0, 0.05) is 26.2 Å². The minimum atomic E-state index is -0.699. The number of nitrogens with two attached hydrogens (primary N) is 2. The Balaban J connectivity index is 2.20. The summed E-state index contributed by atoms with van der Waals surface area (Å²) in [5.74, 6) is 1.59. The van der Waals surface area contributed by atoms with Gasteiger partial charge in [0.15, 0.2) is 5.96 Å². The summed E-state index contributed by atoms with van der Waals surface area (Å²) in [4.78, 5) is 6.55. The van der Waals surface area contributed by atoms with Crippen LogP contribution in [0.1, 0.15) is 13.8 Å². The number of hydrogen-bond donors (Lipinski definition) is 4. The molecule has 2 aliphatic heterocycles. The Labute approximate surface area is 102 Å². The molecule has 0 amide bonds. The van der Waals surface area contributed by atoms with Gasteiger partial charge in [0.1, 0.15) is 11.5 Å². The summed E-state index contributed by atoms with van der Waals surface area (Å²) in [6, 6.07) is 0. The van der Waals surface area contributed by atoms with Crippen LogP contribution in [0.15, 0.2) is 16.9 Å². The molecule has 0 bridgehead atoms. The van der Waals surface area contributed by atoms with Gasteiger partial charge in [0.25, 0.3) is 0 Å². The predicted octanol–water partition coefficient (Wildman–Crippen LogP) is -1.04. The van der Waals surface area contributed by atoms with Crippen LogP contribution in [0.3, 0.4) is 0 Å². The van der Waals surface area contributed by atoms with Crippen molar-refractivity contribution < 1.29 is 0 Å². The first-order valence-corrected chi connectivity index (χ1v) is 6.11. The maximum Gasteiger partial charge on any atom is 0.196 e. The van der Waals surface area contributed by atoms with Gasteiger partial charge in [0.05, 0.1) is 0 Å². The van der Waals surface area contributed by atoms with Crippen molar-refractivity contribution in [2.24, 2.45) is 22.4 Å². The summed E-state index contributed by atoms with van der Waals surface area (Å²) in [5, 5.41) is 6.42. The van der Waals surface area contributed by atoms with E-state index in [1.807, 2.05) is 19.9 Å². The first-order valence-electron chi connectivity index (χ1n) is 6.11. The molecular weight excluding hydrogens is 216 g/mol. The molecule has 6 N–H and O–H groups in total. The lowest BCUT2D eigenvalue weighted by atomic mass is 9.96. The van der Waals surface area contributed by atoms with E-state index in [9.17, 15) is 0 Å². The number of nitrogens with one attached hydrogen (secondary N) is 2. The fourth-order valence-corrected chi connectivity index (χ4v) is 2.03. The number of guanidine groups is 1. The molecule has 2 heterocycles. The Bertz CT molecular complexity index is 342. The Morgan fingerprint density at radius 3 is 2.65 bits per heavy atom. The zero-order chi connectivity index (χ0) is 12.5. The molecule has 17 heavy (non-hydrogen) atoms. The van der Waals surface area contributed by atoms with Crippen LogP contribution in [-0.4, -0.2) is 42.7 Å². The van der Waals surface area contributed by atoms with E-state index in [1.54, 1.807) is 0 Å². The lowest BCUT2D eigenvalue weighted by molar-refractivity contribution is 0.275. The molecule has 1 atom stereocenters. The second kappa shape index (κ2) is 4.54. The summed E-state index contributed by atoms with van der Waals surface area (Å²) in [5.41, 5.74) is 11.4. The molecule has 0 saturated carbocycles. The molecule has 2 aliphatic rings. The van der Waals surface area contributed by atoms with Crippen molar-refractivity contribution in [1.29, 1.82) is 0 Å². The molecular formula is C11H22N6. The fourth-order valence-electron chi connectivity index (χ4n) is 2.03. The van der Waals surface area contributed by atoms with Crippen LogP contribution in [0.2, 0.25) is 0 Å². The summed E-state index contributed by atoms with van der Waals surface area (Å²) >= 11 is 0. The maximum absolute atomic E-state index is 6.26. The van der Waals surface area contributed by atoms with Crippen molar-refractivity contribution in [3.05, 3.63) is 11.9 Å². The SMILES string of the molecule is CC(C)C1(N)C=C(N2CCNCC2)NC(N)=N1. The average molecular weight is 238 g/mol. The Kier molecular flexibility index (Phi) is 3.26. The number of rotatable bonds is 2. The highest BCUT2D eigenvalue weighted by Crippen LogP contribution is 2.22. The lowest BCUT2D eigenvalue weighted by Crippen LogP contribution is -2.54. The van der Waals surface area contributed by atoms with Gasteiger partial charge in [-0.1, -0.05) is 13.8 Å². The van der Waals surface area contributed by atoms with E-state index in [4.69, 9.17) is 11.5 Å². The largest absolute Gasteiger partial charge is 0.370 e. The molecule has 0 aromatic heterocycles. The van der Waals surface area contributed by atoms with Crippen molar-refractivity contribution in [1.82, 2.24) is 15.5 Å². The number of hydrogen-bond acceptors (Lipinski definition) is 6. The van der Waals surface area contributed by atoms with Crippen LogP contribution < -0.4 is 22.1 Å². The zero-order valence-corrected chi connectivity index (χ0v) is 10.5. The minimum Gasteiger partial charge on any atom is -0.370 e. The third-order valence-corrected chi connectivity index (χ3v) is 3.32. The first kappa shape index (κ1) is 12.2. The quantitative estimate of drug-likeness (QED) is 0.493. The van der Waals surface area contributed by atoms with Gasteiger partial charge in [-0.05, 0) is 12.0 Å². The van der Waals surface area contributed by atoms with E-state index in [2.05, 4.69) is 20.5 Å². The maximum atomic E-state index is 6.26. The summed E-state index contributed by atoms with van der Waals surface area (Å²) in [7, 11) is 0. The van der Waals surface area contributed by atoms with E-state index < -0.39 is 5.66 Å². The third-order valence-electron chi connectivity index (χ3n) is 3.32. The molecule has 96 valence electrons. The molecule has 1 saturated heterocycles. The highest BCUT2D eigenvalue weighted by molar-refractivity contribution is 5.81. The van der Waals surface area contributed by atoms with Crippen LogP contribution in [0.5, 0.6) is 0 Å².